The molecule has 5 heteroatoms. The Balaban J connectivity index is 1.77. The normalized spacial score (nSPS) is 10.8. The van der Waals surface area contributed by atoms with Crippen LogP contribution in [0.4, 0.5) is 10.1 Å². The maximum Gasteiger partial charge on any atom is 0.123 e. The average Bonchev–Trinajstić information content (AvgIpc) is 2.86. The number of nitrogens with one attached hydrogen (secondary N) is 1. The Labute approximate surface area is 128 Å². The zero-order valence-corrected chi connectivity index (χ0v) is 13.0. The van der Waals surface area contributed by atoms with Crippen LogP contribution in [0.25, 0.3) is 0 Å². The number of anilines is 1. The maximum atomic E-state index is 12.9. The van der Waals surface area contributed by atoms with Crippen molar-refractivity contribution >= 4 is 28.6 Å². The SMILES string of the molecule is CCN(CCNCc1ccc(Cl)s1)c1ccc(F)cc1. The number of rotatable bonds is 7. The fourth-order valence-corrected chi connectivity index (χ4v) is 3.05. The first-order valence-electron chi connectivity index (χ1n) is 6.64. The van der Waals surface area contributed by atoms with Crippen molar-refractivity contribution in [2.75, 3.05) is 24.5 Å². The minimum Gasteiger partial charge on any atom is -0.371 e. The number of thiophene rings is 1. The summed E-state index contributed by atoms with van der Waals surface area (Å²) in [5.41, 5.74) is 1.05. The van der Waals surface area contributed by atoms with Crippen molar-refractivity contribution in [3.8, 4) is 0 Å². The first-order valence-corrected chi connectivity index (χ1v) is 7.84. The molecule has 108 valence electrons. The minimum absolute atomic E-state index is 0.197. The molecule has 0 aliphatic heterocycles. The van der Waals surface area contributed by atoms with Crippen LogP contribution in [-0.2, 0) is 6.54 Å². The zero-order chi connectivity index (χ0) is 14.4. The summed E-state index contributed by atoms with van der Waals surface area (Å²) in [6.07, 6.45) is 0. The van der Waals surface area contributed by atoms with E-state index in [1.807, 2.05) is 24.3 Å². The molecule has 1 aromatic heterocycles. The fraction of sp³-hybridized carbons (Fsp3) is 0.333. The van der Waals surface area contributed by atoms with Gasteiger partial charge in [-0.25, -0.2) is 4.39 Å². The van der Waals surface area contributed by atoms with Gasteiger partial charge >= 0.3 is 0 Å². The summed E-state index contributed by atoms with van der Waals surface area (Å²) in [4.78, 5) is 3.45. The van der Waals surface area contributed by atoms with Gasteiger partial charge in [0.05, 0.1) is 4.34 Å². The molecule has 0 amide bonds. The summed E-state index contributed by atoms with van der Waals surface area (Å²) < 4.78 is 13.7. The predicted molar refractivity (Wildman–Crippen MR) is 85.3 cm³/mol. The van der Waals surface area contributed by atoms with Gasteiger partial charge in [-0.1, -0.05) is 11.6 Å². The summed E-state index contributed by atoms with van der Waals surface area (Å²) in [5.74, 6) is -0.197. The second-order valence-electron chi connectivity index (χ2n) is 4.44. The molecule has 0 radical (unpaired) electrons. The van der Waals surface area contributed by atoms with Gasteiger partial charge in [0.25, 0.3) is 0 Å². The molecule has 2 aromatic rings. The molecule has 0 aliphatic carbocycles. The Morgan fingerprint density at radius 1 is 1.20 bits per heavy atom. The van der Waals surface area contributed by atoms with Crippen molar-refractivity contribution in [3.63, 3.8) is 0 Å². The van der Waals surface area contributed by atoms with E-state index in [0.29, 0.717) is 0 Å². The fourth-order valence-electron chi connectivity index (χ4n) is 1.99. The number of benzene rings is 1. The Kier molecular flexibility index (Phi) is 5.83. The molecule has 0 bridgehead atoms. The van der Waals surface area contributed by atoms with Gasteiger partial charge in [0.2, 0.25) is 0 Å². The van der Waals surface area contributed by atoms with Crippen molar-refractivity contribution in [3.05, 3.63) is 51.4 Å². The standard InChI is InChI=1S/C15H18ClFN2S/c1-2-19(13-5-3-12(17)4-6-13)10-9-18-11-14-7-8-15(16)20-14/h3-8,18H,2,9-11H2,1H3. The number of hydrogen-bond donors (Lipinski definition) is 1. The van der Waals surface area contributed by atoms with E-state index in [1.165, 1.54) is 17.0 Å². The highest BCUT2D eigenvalue weighted by molar-refractivity contribution is 7.16. The first-order chi connectivity index (χ1) is 9.69. The molecule has 2 rings (SSSR count). The lowest BCUT2D eigenvalue weighted by atomic mass is 10.2. The first kappa shape index (κ1) is 15.3. The van der Waals surface area contributed by atoms with Crippen molar-refractivity contribution in [1.29, 1.82) is 0 Å². The molecule has 1 aromatic carbocycles. The molecular weight excluding hydrogens is 295 g/mol. The summed E-state index contributed by atoms with van der Waals surface area (Å²) in [5, 5.41) is 3.40. The van der Waals surface area contributed by atoms with Crippen molar-refractivity contribution in [2.24, 2.45) is 0 Å². The predicted octanol–water partition coefficient (Wildman–Crippen LogP) is 4.16. The van der Waals surface area contributed by atoms with Crippen LogP contribution >= 0.6 is 22.9 Å². The lowest BCUT2D eigenvalue weighted by Crippen LogP contribution is -2.31. The summed E-state index contributed by atoms with van der Waals surface area (Å²) in [7, 11) is 0. The third-order valence-corrected chi connectivity index (χ3v) is 4.29. The van der Waals surface area contributed by atoms with Gasteiger partial charge in [0, 0.05) is 36.7 Å². The largest absolute Gasteiger partial charge is 0.371 e. The van der Waals surface area contributed by atoms with Crippen LogP contribution in [0, 0.1) is 5.82 Å². The second kappa shape index (κ2) is 7.62. The third-order valence-electron chi connectivity index (χ3n) is 3.06. The van der Waals surface area contributed by atoms with E-state index in [9.17, 15) is 4.39 Å². The van der Waals surface area contributed by atoms with E-state index < -0.39 is 0 Å². The molecule has 0 saturated heterocycles. The van der Waals surface area contributed by atoms with E-state index in [2.05, 4.69) is 17.1 Å². The molecule has 0 saturated carbocycles. The van der Waals surface area contributed by atoms with Crippen LogP contribution in [0.1, 0.15) is 11.8 Å². The van der Waals surface area contributed by atoms with Crippen molar-refractivity contribution in [1.82, 2.24) is 5.32 Å². The highest BCUT2D eigenvalue weighted by Gasteiger charge is 2.04. The Morgan fingerprint density at radius 3 is 2.55 bits per heavy atom. The van der Waals surface area contributed by atoms with Gasteiger partial charge in [-0.3, -0.25) is 0 Å². The molecule has 0 atom stereocenters. The van der Waals surface area contributed by atoms with Crippen LogP contribution < -0.4 is 10.2 Å². The Bertz CT molecular complexity index is 527. The molecule has 0 spiro atoms. The Morgan fingerprint density at radius 2 is 1.95 bits per heavy atom. The molecule has 1 N–H and O–H groups in total. The zero-order valence-electron chi connectivity index (χ0n) is 11.4. The minimum atomic E-state index is -0.197. The van der Waals surface area contributed by atoms with Gasteiger partial charge in [0.1, 0.15) is 5.82 Å². The molecular formula is C15H18ClFN2S. The van der Waals surface area contributed by atoms with Crippen LogP contribution in [0.15, 0.2) is 36.4 Å². The number of nitrogens with zero attached hydrogens (tertiary/aromatic N) is 1. The van der Waals surface area contributed by atoms with E-state index in [4.69, 9.17) is 11.6 Å². The smallest absolute Gasteiger partial charge is 0.123 e. The Hall–Kier alpha value is -1.10. The highest BCUT2D eigenvalue weighted by atomic mass is 35.5. The maximum absolute atomic E-state index is 12.9. The summed E-state index contributed by atoms with van der Waals surface area (Å²) in [6.45, 7) is 5.60. The monoisotopic (exact) mass is 312 g/mol. The van der Waals surface area contributed by atoms with Gasteiger partial charge in [-0.2, -0.15) is 0 Å². The summed E-state index contributed by atoms with van der Waals surface area (Å²) in [6, 6.07) is 10.6. The third kappa shape index (κ3) is 4.47. The van der Waals surface area contributed by atoms with Gasteiger partial charge in [-0.05, 0) is 43.3 Å². The molecule has 1 heterocycles. The molecule has 20 heavy (non-hydrogen) atoms. The van der Waals surface area contributed by atoms with Gasteiger partial charge < -0.3 is 10.2 Å². The average molecular weight is 313 g/mol. The summed E-state index contributed by atoms with van der Waals surface area (Å²) >= 11 is 7.49. The topological polar surface area (TPSA) is 15.3 Å². The lowest BCUT2D eigenvalue weighted by molar-refractivity contribution is 0.626. The van der Waals surface area contributed by atoms with Crippen LogP contribution in [0.5, 0.6) is 0 Å². The quantitative estimate of drug-likeness (QED) is 0.772. The van der Waals surface area contributed by atoms with Crippen LogP contribution in [-0.4, -0.2) is 19.6 Å². The van der Waals surface area contributed by atoms with E-state index in [0.717, 1.165) is 36.2 Å². The van der Waals surface area contributed by atoms with Crippen LogP contribution in [0.2, 0.25) is 4.34 Å². The molecule has 0 unspecified atom stereocenters. The van der Waals surface area contributed by atoms with Crippen molar-refractivity contribution in [2.45, 2.75) is 13.5 Å². The molecule has 0 fully saturated rings. The second-order valence-corrected chi connectivity index (χ2v) is 6.24. The van der Waals surface area contributed by atoms with Crippen LogP contribution in [0.3, 0.4) is 0 Å². The van der Waals surface area contributed by atoms with E-state index >= 15 is 0 Å². The number of likely N-dealkylation sites (N-methyl/N-ethyl adjacent to an activating group) is 1. The molecule has 2 nitrogen and oxygen atoms in total. The van der Waals surface area contributed by atoms with Gasteiger partial charge in [-0.15, -0.1) is 11.3 Å². The van der Waals surface area contributed by atoms with Crippen molar-refractivity contribution < 1.29 is 4.39 Å². The van der Waals surface area contributed by atoms with E-state index in [-0.39, 0.29) is 5.82 Å². The lowest BCUT2D eigenvalue weighted by Gasteiger charge is -2.23. The van der Waals surface area contributed by atoms with E-state index in [1.54, 1.807) is 11.3 Å². The van der Waals surface area contributed by atoms with Gasteiger partial charge in [0.15, 0.2) is 0 Å². The number of halogens is 2. The number of hydrogen-bond acceptors (Lipinski definition) is 3. The highest BCUT2D eigenvalue weighted by Crippen LogP contribution is 2.21. The molecule has 0 aliphatic rings.